The normalized spacial score (nSPS) is 16.9. The van der Waals surface area contributed by atoms with Gasteiger partial charge in [0.15, 0.2) is 0 Å². The van der Waals surface area contributed by atoms with Crippen molar-refractivity contribution in [3.8, 4) is 0 Å². The SMILES string of the molecule is O=C(Cl)NCCc1ccc(C2CCCCCC2)cc1. The van der Waals surface area contributed by atoms with Crippen LogP contribution in [0.25, 0.3) is 0 Å². The summed E-state index contributed by atoms with van der Waals surface area (Å²) in [7, 11) is 0. The number of carbonyl (C=O) groups is 1. The Morgan fingerprint density at radius 2 is 1.74 bits per heavy atom. The molecule has 1 saturated carbocycles. The highest BCUT2D eigenvalue weighted by molar-refractivity contribution is 6.62. The Morgan fingerprint density at radius 3 is 2.32 bits per heavy atom. The highest BCUT2D eigenvalue weighted by atomic mass is 35.5. The number of hydrogen-bond acceptors (Lipinski definition) is 1. The minimum absolute atomic E-state index is 0.477. The molecule has 0 bridgehead atoms. The summed E-state index contributed by atoms with van der Waals surface area (Å²) in [5, 5.41) is 2.13. The standard InChI is InChI=1S/C16H22ClNO/c17-16(19)18-12-11-13-7-9-15(10-8-13)14-5-3-1-2-4-6-14/h7-10,14H,1-6,11-12H2,(H,18,19). The van der Waals surface area contributed by atoms with Gasteiger partial charge in [-0.2, -0.15) is 0 Å². The highest BCUT2D eigenvalue weighted by Crippen LogP contribution is 2.31. The Labute approximate surface area is 120 Å². The second kappa shape index (κ2) is 7.54. The van der Waals surface area contributed by atoms with E-state index in [1.54, 1.807) is 0 Å². The average molecular weight is 280 g/mol. The molecule has 0 atom stereocenters. The van der Waals surface area contributed by atoms with Gasteiger partial charge in [-0.1, -0.05) is 49.9 Å². The summed E-state index contributed by atoms with van der Waals surface area (Å²) in [4.78, 5) is 10.6. The van der Waals surface area contributed by atoms with Crippen molar-refractivity contribution in [1.29, 1.82) is 0 Å². The van der Waals surface area contributed by atoms with Gasteiger partial charge in [0.05, 0.1) is 0 Å². The molecule has 1 aromatic rings. The maximum atomic E-state index is 10.6. The lowest BCUT2D eigenvalue weighted by Crippen LogP contribution is -2.19. The molecule has 0 aromatic heterocycles. The van der Waals surface area contributed by atoms with Crippen LogP contribution in [0.15, 0.2) is 24.3 Å². The molecule has 2 rings (SSSR count). The third-order valence-corrected chi connectivity index (χ3v) is 4.12. The Kier molecular flexibility index (Phi) is 5.71. The number of halogens is 1. The third kappa shape index (κ3) is 4.87. The van der Waals surface area contributed by atoms with Crippen LogP contribution in [0.3, 0.4) is 0 Å². The zero-order valence-corrected chi connectivity index (χ0v) is 12.1. The Hall–Kier alpha value is -1.02. The molecule has 19 heavy (non-hydrogen) atoms. The molecule has 3 heteroatoms. The zero-order valence-electron chi connectivity index (χ0n) is 11.3. The number of nitrogens with one attached hydrogen (secondary N) is 1. The number of benzene rings is 1. The lowest BCUT2D eigenvalue weighted by Gasteiger charge is -2.14. The maximum Gasteiger partial charge on any atom is 0.313 e. The van der Waals surface area contributed by atoms with Gasteiger partial charge in [-0.05, 0) is 47.9 Å². The molecule has 0 spiro atoms. The van der Waals surface area contributed by atoms with Gasteiger partial charge in [0.1, 0.15) is 0 Å². The van der Waals surface area contributed by atoms with E-state index in [1.165, 1.54) is 49.7 Å². The van der Waals surface area contributed by atoms with E-state index < -0.39 is 5.37 Å². The Morgan fingerprint density at radius 1 is 1.11 bits per heavy atom. The molecule has 1 fully saturated rings. The number of carbonyl (C=O) groups excluding carboxylic acids is 1. The quantitative estimate of drug-likeness (QED) is 0.486. The van der Waals surface area contributed by atoms with Crippen molar-refractivity contribution in [3.63, 3.8) is 0 Å². The van der Waals surface area contributed by atoms with E-state index in [9.17, 15) is 4.79 Å². The first-order valence-electron chi connectivity index (χ1n) is 7.28. The fraction of sp³-hybridized carbons (Fsp3) is 0.562. The van der Waals surface area contributed by atoms with E-state index in [0.29, 0.717) is 6.54 Å². The zero-order chi connectivity index (χ0) is 13.5. The predicted octanol–water partition coefficient (Wildman–Crippen LogP) is 4.62. The summed E-state index contributed by atoms with van der Waals surface area (Å²) in [5.74, 6) is 0.749. The van der Waals surface area contributed by atoms with E-state index in [1.807, 2.05) is 0 Å². The van der Waals surface area contributed by atoms with E-state index in [0.717, 1.165) is 12.3 Å². The molecule has 104 valence electrons. The van der Waals surface area contributed by atoms with E-state index >= 15 is 0 Å². The summed E-state index contributed by atoms with van der Waals surface area (Å²) in [5.41, 5.74) is 2.73. The van der Waals surface area contributed by atoms with Crippen molar-refractivity contribution in [3.05, 3.63) is 35.4 Å². The first kappa shape index (κ1) is 14.4. The Bertz CT molecular complexity index is 394. The topological polar surface area (TPSA) is 29.1 Å². The van der Waals surface area contributed by atoms with Crippen LogP contribution in [0.5, 0.6) is 0 Å². The van der Waals surface area contributed by atoms with Gasteiger partial charge in [0, 0.05) is 6.54 Å². The second-order valence-corrected chi connectivity index (χ2v) is 5.72. The van der Waals surface area contributed by atoms with Crippen LogP contribution in [0.2, 0.25) is 0 Å². The molecule has 0 heterocycles. The summed E-state index contributed by atoms with van der Waals surface area (Å²) >= 11 is 5.24. The van der Waals surface area contributed by atoms with Gasteiger partial charge in [-0.25, -0.2) is 0 Å². The molecule has 0 aliphatic heterocycles. The lowest BCUT2D eigenvalue weighted by molar-refractivity contribution is 0.260. The van der Waals surface area contributed by atoms with Gasteiger partial charge in [0.2, 0.25) is 0 Å². The van der Waals surface area contributed by atoms with Crippen molar-refractivity contribution < 1.29 is 4.79 Å². The largest absolute Gasteiger partial charge is 0.342 e. The molecule has 1 amide bonds. The molecule has 0 unspecified atom stereocenters. The number of rotatable bonds is 4. The molecule has 1 N–H and O–H groups in total. The van der Waals surface area contributed by atoms with Crippen LogP contribution >= 0.6 is 11.6 Å². The van der Waals surface area contributed by atoms with Crippen LogP contribution in [0.4, 0.5) is 4.79 Å². The second-order valence-electron chi connectivity index (χ2n) is 5.38. The number of amides is 1. The van der Waals surface area contributed by atoms with Crippen LogP contribution in [-0.4, -0.2) is 11.9 Å². The first-order valence-corrected chi connectivity index (χ1v) is 7.65. The van der Waals surface area contributed by atoms with E-state index in [2.05, 4.69) is 29.6 Å². The monoisotopic (exact) mass is 279 g/mol. The van der Waals surface area contributed by atoms with Crippen molar-refractivity contribution in [2.45, 2.75) is 50.9 Å². The number of hydrogen-bond donors (Lipinski definition) is 1. The van der Waals surface area contributed by atoms with Crippen LogP contribution in [0.1, 0.15) is 55.6 Å². The Balaban J connectivity index is 1.88. The summed E-state index contributed by atoms with van der Waals surface area (Å²) in [6.07, 6.45) is 9.04. The minimum Gasteiger partial charge on any atom is -0.342 e. The van der Waals surface area contributed by atoms with Gasteiger partial charge in [0.25, 0.3) is 0 Å². The van der Waals surface area contributed by atoms with Crippen LogP contribution in [-0.2, 0) is 6.42 Å². The smallest absolute Gasteiger partial charge is 0.313 e. The van der Waals surface area contributed by atoms with Crippen molar-refractivity contribution in [2.24, 2.45) is 0 Å². The van der Waals surface area contributed by atoms with Gasteiger partial charge < -0.3 is 5.32 Å². The first-order chi connectivity index (χ1) is 9.25. The fourth-order valence-corrected chi connectivity index (χ4v) is 2.97. The molecule has 2 nitrogen and oxygen atoms in total. The molecule has 1 aliphatic carbocycles. The summed E-state index contributed by atoms with van der Waals surface area (Å²) < 4.78 is 0. The van der Waals surface area contributed by atoms with Gasteiger partial charge in [-0.3, -0.25) is 4.79 Å². The lowest BCUT2D eigenvalue weighted by atomic mass is 9.91. The molecular weight excluding hydrogens is 258 g/mol. The van der Waals surface area contributed by atoms with Crippen molar-refractivity contribution >= 4 is 17.0 Å². The fourth-order valence-electron chi connectivity index (χ4n) is 2.87. The van der Waals surface area contributed by atoms with Gasteiger partial charge >= 0.3 is 5.37 Å². The molecule has 1 aliphatic rings. The summed E-state index contributed by atoms with van der Waals surface area (Å²) in [6.45, 7) is 0.602. The van der Waals surface area contributed by atoms with Crippen LogP contribution in [0, 0.1) is 0 Å². The average Bonchev–Trinajstić information content (AvgIpc) is 2.68. The van der Waals surface area contributed by atoms with Crippen LogP contribution < -0.4 is 5.32 Å². The maximum absolute atomic E-state index is 10.6. The molecule has 1 aromatic carbocycles. The molecule has 0 saturated heterocycles. The van der Waals surface area contributed by atoms with Gasteiger partial charge in [-0.15, -0.1) is 0 Å². The molecular formula is C16H22ClNO. The predicted molar refractivity (Wildman–Crippen MR) is 79.8 cm³/mol. The van der Waals surface area contributed by atoms with Crippen molar-refractivity contribution in [2.75, 3.05) is 6.54 Å². The third-order valence-electron chi connectivity index (χ3n) is 3.98. The highest BCUT2D eigenvalue weighted by Gasteiger charge is 2.13. The molecule has 0 radical (unpaired) electrons. The summed E-state index contributed by atoms with van der Waals surface area (Å²) in [6, 6.07) is 8.88. The van der Waals surface area contributed by atoms with E-state index in [4.69, 9.17) is 11.6 Å². The van der Waals surface area contributed by atoms with E-state index in [-0.39, 0.29) is 0 Å². The minimum atomic E-state index is -0.477. The van der Waals surface area contributed by atoms with Crippen molar-refractivity contribution in [1.82, 2.24) is 5.32 Å².